The number of fused-ring (bicyclic) bond motifs is 1. The van der Waals surface area contributed by atoms with Gasteiger partial charge in [-0.3, -0.25) is 4.79 Å². The monoisotopic (exact) mass is 354 g/mol. The van der Waals surface area contributed by atoms with E-state index >= 15 is 0 Å². The number of hydrogen-bond acceptors (Lipinski definition) is 3. The maximum atomic E-state index is 13.8. The third-order valence-electron chi connectivity index (χ3n) is 12.5. The fraction of sp³-hybridized carbons (Fsp3) is 0.957. The second-order valence-electron chi connectivity index (χ2n) is 11.5. The average molecular weight is 354 g/mol. The van der Waals surface area contributed by atoms with E-state index in [0.29, 0.717) is 17.8 Å². The van der Waals surface area contributed by atoms with Crippen molar-refractivity contribution in [2.24, 2.45) is 75.9 Å². The van der Waals surface area contributed by atoms with E-state index in [4.69, 9.17) is 9.47 Å². The van der Waals surface area contributed by atoms with Gasteiger partial charge in [-0.05, 0) is 90.8 Å². The van der Waals surface area contributed by atoms with Crippen LogP contribution in [0.25, 0.3) is 0 Å². The fourth-order valence-corrected chi connectivity index (χ4v) is 13.5. The Morgan fingerprint density at radius 2 is 1.54 bits per heavy atom. The first kappa shape index (κ1) is 14.4. The minimum atomic E-state index is -0.309. The quantitative estimate of drug-likeness (QED) is 0.713. The maximum absolute atomic E-state index is 13.8. The molecule has 26 heavy (non-hydrogen) atoms. The first-order valence-corrected chi connectivity index (χ1v) is 11.3. The SMILES string of the molecule is COC(=O)[C@]12[C@@H]3[C@H]4CCC[C@H]4[C@H]4[C@H]3[C@@H]3[C@@H]5[C@@H]6[C@@H](CC[C@H]6[C@]1(OC)[C@@]54C)[C@@H]32. The van der Waals surface area contributed by atoms with Crippen LogP contribution in [-0.4, -0.2) is 25.8 Å². The zero-order chi connectivity index (χ0) is 17.4. The molecule has 14 atom stereocenters. The summed E-state index contributed by atoms with van der Waals surface area (Å²) in [7, 11) is 3.62. The molecule has 0 radical (unpaired) electrons. The molecule has 9 fully saturated rings. The molecular formula is C23H30O3. The predicted molar refractivity (Wildman–Crippen MR) is 93.8 cm³/mol. The van der Waals surface area contributed by atoms with Gasteiger partial charge in [-0.2, -0.15) is 0 Å². The summed E-state index contributed by atoms with van der Waals surface area (Å²) in [6, 6.07) is 0. The molecule has 9 saturated carbocycles. The lowest BCUT2D eigenvalue weighted by atomic mass is 9.42. The molecule has 0 unspecified atom stereocenters. The van der Waals surface area contributed by atoms with Gasteiger partial charge in [0.2, 0.25) is 0 Å². The largest absolute Gasteiger partial charge is 0.468 e. The Hall–Kier alpha value is -0.570. The fourth-order valence-electron chi connectivity index (χ4n) is 13.5. The third-order valence-corrected chi connectivity index (χ3v) is 12.5. The molecule has 0 amide bonds. The van der Waals surface area contributed by atoms with Crippen molar-refractivity contribution in [2.45, 2.75) is 44.6 Å². The van der Waals surface area contributed by atoms with Crippen molar-refractivity contribution in [1.82, 2.24) is 0 Å². The Bertz CT molecular complexity index is 777. The van der Waals surface area contributed by atoms with E-state index in [1.165, 1.54) is 32.1 Å². The summed E-state index contributed by atoms with van der Waals surface area (Å²) >= 11 is 0. The molecule has 3 nitrogen and oxygen atoms in total. The van der Waals surface area contributed by atoms with Gasteiger partial charge in [0.05, 0.1) is 12.7 Å². The number of hydrogen-bond donors (Lipinski definition) is 0. The zero-order valence-corrected chi connectivity index (χ0v) is 16.1. The van der Waals surface area contributed by atoms with E-state index in [9.17, 15) is 4.79 Å². The third kappa shape index (κ3) is 0.855. The Kier molecular flexibility index (Phi) is 2.04. The van der Waals surface area contributed by atoms with E-state index < -0.39 is 0 Å². The Labute approximate surface area is 155 Å². The van der Waals surface area contributed by atoms with Crippen LogP contribution in [0.5, 0.6) is 0 Å². The molecule has 9 rings (SSSR count). The van der Waals surface area contributed by atoms with E-state index in [2.05, 4.69) is 6.92 Å². The first-order chi connectivity index (χ1) is 12.6. The van der Waals surface area contributed by atoms with Crippen molar-refractivity contribution in [2.75, 3.05) is 14.2 Å². The number of carbonyl (C=O) groups is 1. The summed E-state index contributed by atoms with van der Waals surface area (Å²) in [5.41, 5.74) is -0.300. The Balaban J connectivity index is 1.54. The van der Waals surface area contributed by atoms with Crippen LogP contribution >= 0.6 is 0 Å². The number of methoxy groups -OCH3 is 2. The Morgan fingerprint density at radius 3 is 2.27 bits per heavy atom. The minimum Gasteiger partial charge on any atom is -0.468 e. The van der Waals surface area contributed by atoms with Gasteiger partial charge in [0.25, 0.3) is 0 Å². The molecule has 140 valence electrons. The molecule has 0 aliphatic heterocycles. The summed E-state index contributed by atoms with van der Waals surface area (Å²) in [4.78, 5) is 13.8. The highest BCUT2D eigenvalue weighted by atomic mass is 16.5. The first-order valence-electron chi connectivity index (χ1n) is 11.3. The number of esters is 1. The molecule has 0 N–H and O–H groups in total. The number of rotatable bonds is 2. The van der Waals surface area contributed by atoms with Crippen molar-refractivity contribution in [3.63, 3.8) is 0 Å². The van der Waals surface area contributed by atoms with Gasteiger partial charge in [-0.15, -0.1) is 0 Å². The molecule has 0 aromatic carbocycles. The standard InChI is InChI=1S/C23H30O3/c1-21-16-9-5-4-6-10(9)17-14(16)15-18-11-7-8-12(13(11)19(15)21)23(21,26-3)22(17,18)20(24)25-2/h9-19H,4-8H2,1-3H3/t9-,10+,11-,12-,13-,14-,15+,16+,17-,18+,19+,21-,22-,23+/m1/s1. The van der Waals surface area contributed by atoms with Crippen molar-refractivity contribution < 1.29 is 14.3 Å². The smallest absolute Gasteiger partial charge is 0.315 e. The predicted octanol–water partition coefficient (Wildman–Crippen LogP) is 3.37. The van der Waals surface area contributed by atoms with Crippen LogP contribution in [-0.2, 0) is 14.3 Å². The van der Waals surface area contributed by atoms with Crippen LogP contribution in [0.1, 0.15) is 39.0 Å². The van der Waals surface area contributed by atoms with Gasteiger partial charge in [-0.1, -0.05) is 13.3 Å². The summed E-state index contributed by atoms with van der Waals surface area (Å²) in [6.07, 6.45) is 6.82. The molecular weight excluding hydrogens is 324 g/mol. The zero-order valence-electron chi connectivity index (χ0n) is 16.1. The summed E-state index contributed by atoms with van der Waals surface area (Å²) in [5, 5.41) is 0. The van der Waals surface area contributed by atoms with Gasteiger partial charge in [0, 0.05) is 12.5 Å². The van der Waals surface area contributed by atoms with E-state index in [-0.39, 0.29) is 22.4 Å². The van der Waals surface area contributed by atoms with Gasteiger partial charge < -0.3 is 9.47 Å². The van der Waals surface area contributed by atoms with E-state index in [1.54, 1.807) is 7.11 Å². The molecule has 0 aromatic heterocycles. The molecule has 0 spiro atoms. The lowest BCUT2D eigenvalue weighted by Crippen LogP contribution is -2.73. The molecule has 0 heterocycles. The van der Waals surface area contributed by atoms with Crippen LogP contribution in [0.2, 0.25) is 0 Å². The van der Waals surface area contributed by atoms with Crippen LogP contribution in [0.4, 0.5) is 0 Å². The van der Waals surface area contributed by atoms with Crippen LogP contribution < -0.4 is 0 Å². The maximum Gasteiger partial charge on any atom is 0.315 e. The van der Waals surface area contributed by atoms with Crippen molar-refractivity contribution in [3.8, 4) is 0 Å². The lowest BCUT2D eigenvalue weighted by molar-refractivity contribution is -0.273. The molecule has 0 aromatic rings. The summed E-state index contributed by atoms with van der Waals surface area (Å²) in [6.45, 7) is 2.60. The Morgan fingerprint density at radius 1 is 0.846 bits per heavy atom. The summed E-state index contributed by atoms with van der Waals surface area (Å²) in [5.74, 6) is 8.56. The average Bonchev–Trinajstić information content (AvgIpc) is 3.39. The normalized spacial score (nSPS) is 74.3. The molecule has 9 aliphatic rings. The van der Waals surface area contributed by atoms with Gasteiger partial charge in [-0.25, -0.2) is 0 Å². The van der Waals surface area contributed by atoms with Crippen molar-refractivity contribution in [3.05, 3.63) is 0 Å². The van der Waals surface area contributed by atoms with Gasteiger partial charge in [0.1, 0.15) is 5.41 Å². The van der Waals surface area contributed by atoms with Crippen LogP contribution in [0, 0.1) is 75.9 Å². The molecule has 9 aliphatic carbocycles. The van der Waals surface area contributed by atoms with Crippen LogP contribution in [0.15, 0.2) is 0 Å². The topological polar surface area (TPSA) is 35.5 Å². The minimum absolute atomic E-state index is 0.134. The second kappa shape index (κ2) is 3.67. The highest BCUT2D eigenvalue weighted by Crippen LogP contribution is 2.99. The van der Waals surface area contributed by atoms with Gasteiger partial charge >= 0.3 is 5.97 Å². The highest BCUT2D eigenvalue weighted by molar-refractivity contribution is 5.83. The van der Waals surface area contributed by atoms with Crippen molar-refractivity contribution >= 4 is 5.97 Å². The van der Waals surface area contributed by atoms with Crippen LogP contribution in [0.3, 0.4) is 0 Å². The van der Waals surface area contributed by atoms with E-state index in [0.717, 1.165) is 47.3 Å². The summed E-state index contributed by atoms with van der Waals surface area (Å²) < 4.78 is 12.5. The number of ether oxygens (including phenoxy) is 2. The molecule has 0 saturated heterocycles. The lowest BCUT2D eigenvalue weighted by Gasteiger charge is -2.64. The van der Waals surface area contributed by atoms with Crippen molar-refractivity contribution in [1.29, 1.82) is 0 Å². The van der Waals surface area contributed by atoms with E-state index in [1.807, 2.05) is 7.11 Å². The second-order valence-corrected chi connectivity index (χ2v) is 11.5. The number of carbonyl (C=O) groups excluding carboxylic acids is 1. The van der Waals surface area contributed by atoms with Gasteiger partial charge in [0.15, 0.2) is 0 Å². The molecule has 9 bridgehead atoms. The molecule has 3 heteroatoms. The highest BCUT2D eigenvalue weighted by Gasteiger charge is 3.01.